The molecule has 3 atom stereocenters. The van der Waals surface area contributed by atoms with Crippen molar-refractivity contribution >= 4 is 17.7 Å². The summed E-state index contributed by atoms with van der Waals surface area (Å²) in [6, 6.07) is 8.21. The number of hydrogen-bond acceptors (Lipinski definition) is 2. The van der Waals surface area contributed by atoms with Gasteiger partial charge in [-0.15, -0.1) is 0 Å². The summed E-state index contributed by atoms with van der Waals surface area (Å²) in [5.41, 5.74) is -0.658. The molecule has 1 unspecified atom stereocenters. The molecule has 0 aromatic heterocycles. The van der Waals surface area contributed by atoms with E-state index in [0.717, 1.165) is 18.2 Å². The maximum atomic E-state index is 13.4. The van der Waals surface area contributed by atoms with Crippen molar-refractivity contribution in [3.05, 3.63) is 65.0 Å². The van der Waals surface area contributed by atoms with Crippen LogP contribution in [0.25, 0.3) is 0 Å². The summed E-state index contributed by atoms with van der Waals surface area (Å²) in [6.45, 7) is 0.759. The maximum absolute atomic E-state index is 13.4. The number of likely N-dealkylation sites (tertiary alicyclic amines) is 1. The highest BCUT2D eigenvalue weighted by molar-refractivity contribution is 6.00. The number of anilines is 1. The lowest BCUT2D eigenvalue weighted by Gasteiger charge is -2.22. The van der Waals surface area contributed by atoms with Gasteiger partial charge in [-0.25, -0.2) is 14.0 Å². The fraction of sp³-hybridized carbons (Fsp3) is 0.364. The molecular formula is C22H20F4N2O3. The van der Waals surface area contributed by atoms with Crippen LogP contribution >= 0.6 is 0 Å². The first-order chi connectivity index (χ1) is 14.6. The first-order valence-electron chi connectivity index (χ1n) is 9.88. The Balaban J connectivity index is 1.43. The van der Waals surface area contributed by atoms with Crippen molar-refractivity contribution in [2.75, 3.05) is 18.4 Å². The number of rotatable bonds is 3. The predicted octanol–water partition coefficient (Wildman–Crippen LogP) is 5.20. The normalized spacial score (nSPS) is 23.0. The van der Waals surface area contributed by atoms with Crippen LogP contribution in [0.5, 0.6) is 0 Å². The van der Waals surface area contributed by atoms with Crippen LogP contribution in [0.4, 0.5) is 28.0 Å². The Bertz CT molecular complexity index is 1010. The maximum Gasteiger partial charge on any atom is 0.416 e. The van der Waals surface area contributed by atoms with Gasteiger partial charge in [0.15, 0.2) is 0 Å². The van der Waals surface area contributed by atoms with Gasteiger partial charge in [0.2, 0.25) is 0 Å². The fourth-order valence-electron chi connectivity index (χ4n) is 4.83. The van der Waals surface area contributed by atoms with E-state index in [0.29, 0.717) is 31.5 Å². The Morgan fingerprint density at radius 3 is 2.29 bits per heavy atom. The largest absolute Gasteiger partial charge is 0.478 e. The number of nitrogens with one attached hydrogen (secondary N) is 1. The monoisotopic (exact) mass is 436 g/mol. The lowest BCUT2D eigenvalue weighted by atomic mass is 9.91. The molecule has 1 aliphatic heterocycles. The van der Waals surface area contributed by atoms with Crippen molar-refractivity contribution in [1.29, 1.82) is 0 Å². The Hall–Kier alpha value is -3.10. The van der Waals surface area contributed by atoms with Crippen molar-refractivity contribution < 1.29 is 32.3 Å². The number of nitrogens with zero attached hydrogens (tertiary/aromatic N) is 1. The number of benzene rings is 2. The van der Waals surface area contributed by atoms with Gasteiger partial charge in [0.1, 0.15) is 5.82 Å². The Labute approximate surface area is 175 Å². The Morgan fingerprint density at radius 1 is 1.03 bits per heavy atom. The average Bonchev–Trinajstić information content (AvgIpc) is 3.28. The van der Waals surface area contributed by atoms with Gasteiger partial charge in [-0.2, -0.15) is 13.2 Å². The van der Waals surface area contributed by atoms with E-state index in [4.69, 9.17) is 0 Å². The van der Waals surface area contributed by atoms with Crippen molar-refractivity contribution in [3.63, 3.8) is 0 Å². The minimum absolute atomic E-state index is 0.00654. The number of fused-ring (bicyclic) bond motifs is 1. The van der Waals surface area contributed by atoms with Gasteiger partial charge in [-0.3, -0.25) is 0 Å². The number of aromatic carboxylic acids is 1. The van der Waals surface area contributed by atoms with Gasteiger partial charge in [0.05, 0.1) is 16.8 Å². The third-order valence-electron chi connectivity index (χ3n) is 6.20. The van der Waals surface area contributed by atoms with E-state index in [1.807, 2.05) is 0 Å². The smallest absolute Gasteiger partial charge is 0.416 e. The van der Waals surface area contributed by atoms with Gasteiger partial charge in [-0.05, 0) is 60.4 Å². The minimum atomic E-state index is -4.41. The van der Waals surface area contributed by atoms with Crippen LogP contribution in [-0.2, 0) is 6.18 Å². The standard InChI is InChI=1S/C22H20F4N2O3/c23-15-5-6-19(17(9-15)20(29)30)27-21(31)28-10-13-7-12(8-14(13)11-28)16-3-1-2-4-18(16)22(24,25)26/h1-6,9,12-14H,7-8,10-11H2,(H,27,31)(H,29,30)/t12?,13-,14+. The molecule has 2 aliphatic rings. The second kappa shape index (κ2) is 7.86. The molecule has 2 amide bonds. The first-order valence-corrected chi connectivity index (χ1v) is 9.88. The highest BCUT2D eigenvalue weighted by Gasteiger charge is 2.45. The van der Waals surface area contributed by atoms with E-state index in [1.54, 1.807) is 6.07 Å². The molecule has 9 heteroatoms. The van der Waals surface area contributed by atoms with Crippen molar-refractivity contribution in [3.8, 4) is 0 Å². The SMILES string of the molecule is O=C(O)c1cc(F)ccc1NC(=O)N1C[C@H]2CC(c3ccccc3C(F)(F)F)C[C@H]2C1. The quantitative estimate of drug-likeness (QED) is 0.650. The number of hydrogen-bond donors (Lipinski definition) is 2. The first kappa shape index (κ1) is 21.1. The van der Waals surface area contributed by atoms with E-state index in [-0.39, 0.29) is 29.0 Å². The predicted molar refractivity (Wildman–Crippen MR) is 104 cm³/mol. The molecule has 0 spiro atoms. The summed E-state index contributed by atoms with van der Waals surface area (Å²) < 4.78 is 53.4. The summed E-state index contributed by atoms with van der Waals surface area (Å²) in [7, 11) is 0. The van der Waals surface area contributed by atoms with Crippen LogP contribution in [0.3, 0.4) is 0 Å². The van der Waals surface area contributed by atoms with Gasteiger partial charge < -0.3 is 15.3 Å². The van der Waals surface area contributed by atoms with Crippen LogP contribution < -0.4 is 5.32 Å². The molecule has 2 fully saturated rings. The van der Waals surface area contributed by atoms with E-state index in [1.165, 1.54) is 23.1 Å². The number of urea groups is 1. The molecule has 31 heavy (non-hydrogen) atoms. The van der Waals surface area contributed by atoms with Gasteiger partial charge in [0, 0.05) is 13.1 Å². The van der Waals surface area contributed by atoms with Crippen molar-refractivity contribution in [1.82, 2.24) is 4.90 Å². The van der Waals surface area contributed by atoms with Gasteiger partial charge in [-0.1, -0.05) is 18.2 Å². The van der Waals surface area contributed by atoms with Crippen LogP contribution in [0, 0.1) is 17.7 Å². The zero-order valence-electron chi connectivity index (χ0n) is 16.3. The topological polar surface area (TPSA) is 69.6 Å². The Morgan fingerprint density at radius 2 is 1.68 bits per heavy atom. The summed E-state index contributed by atoms with van der Waals surface area (Å²) in [5, 5.41) is 11.7. The third-order valence-corrected chi connectivity index (χ3v) is 6.20. The van der Waals surface area contributed by atoms with E-state index in [2.05, 4.69) is 5.32 Å². The lowest BCUT2D eigenvalue weighted by molar-refractivity contribution is -0.138. The number of carbonyl (C=O) groups is 2. The Kier molecular flexibility index (Phi) is 5.36. The fourth-order valence-corrected chi connectivity index (χ4v) is 4.83. The van der Waals surface area contributed by atoms with E-state index >= 15 is 0 Å². The van der Waals surface area contributed by atoms with Gasteiger partial charge in [0.25, 0.3) is 0 Å². The highest BCUT2D eigenvalue weighted by Crippen LogP contribution is 2.48. The molecule has 4 rings (SSSR count). The molecule has 1 heterocycles. The molecule has 0 bridgehead atoms. The summed E-state index contributed by atoms with van der Waals surface area (Å²) in [4.78, 5) is 25.5. The van der Waals surface area contributed by atoms with E-state index in [9.17, 15) is 32.3 Å². The molecule has 2 N–H and O–H groups in total. The van der Waals surface area contributed by atoms with Gasteiger partial charge >= 0.3 is 18.2 Å². The minimum Gasteiger partial charge on any atom is -0.478 e. The van der Waals surface area contributed by atoms with Crippen LogP contribution in [0.2, 0.25) is 0 Å². The molecule has 1 saturated heterocycles. The summed E-state index contributed by atoms with van der Waals surface area (Å²) in [6.07, 6.45) is -3.30. The van der Waals surface area contributed by atoms with Crippen molar-refractivity contribution in [2.24, 2.45) is 11.8 Å². The number of alkyl halides is 3. The zero-order chi connectivity index (χ0) is 22.3. The average molecular weight is 436 g/mol. The molecule has 5 nitrogen and oxygen atoms in total. The van der Waals surface area contributed by atoms with Crippen molar-refractivity contribution in [2.45, 2.75) is 24.9 Å². The number of carbonyl (C=O) groups excluding carboxylic acids is 1. The molecule has 1 aliphatic carbocycles. The summed E-state index contributed by atoms with van der Waals surface area (Å²) in [5.74, 6) is -2.15. The molecule has 1 saturated carbocycles. The van der Waals surface area contributed by atoms with Crippen LogP contribution in [-0.4, -0.2) is 35.1 Å². The van der Waals surface area contributed by atoms with Crippen LogP contribution in [0.15, 0.2) is 42.5 Å². The number of halogens is 4. The molecule has 2 aromatic rings. The molecular weight excluding hydrogens is 416 g/mol. The second-order valence-corrected chi connectivity index (χ2v) is 8.10. The number of carboxylic acid groups (broad SMARTS) is 1. The summed E-state index contributed by atoms with van der Waals surface area (Å²) >= 11 is 0. The van der Waals surface area contributed by atoms with Crippen LogP contribution in [0.1, 0.15) is 40.2 Å². The molecule has 2 aromatic carbocycles. The third kappa shape index (κ3) is 4.22. The second-order valence-electron chi connectivity index (χ2n) is 8.10. The molecule has 0 radical (unpaired) electrons. The lowest BCUT2D eigenvalue weighted by Crippen LogP contribution is -2.34. The number of carboxylic acids is 1. The number of amides is 2. The van der Waals surface area contributed by atoms with E-state index < -0.39 is 29.6 Å². The zero-order valence-corrected chi connectivity index (χ0v) is 16.3. The molecule has 164 valence electrons. The highest BCUT2D eigenvalue weighted by atomic mass is 19.4.